The van der Waals surface area contributed by atoms with Crippen LogP contribution in [0.3, 0.4) is 0 Å². The molecule has 1 amide bonds. The van der Waals surface area contributed by atoms with Gasteiger partial charge < -0.3 is 44.3 Å². The standard InChI is InChI=1S/C47H51NO14/c1-25-31(60-40(56)35(52)34(28-16-10-7-11-17-28)48-38(54)29-18-12-8-13-19-29)23-44(57)41(61-39(55)30-20-14-9-15-21-30)47-43(6,32(51)22-33-45(47,24-58-33)62-27(3)50)36(53)37(59-26(2)49)46(25,47)42(44,4)5/h7-21,25,31-35,37,41,51-52,57H,22-24H2,1-6H3,(H,48,54)/t25-,31+,32+,33-,34+,35-,37+,41-,43+,44-,45+,46-,47-/m1/s1. The van der Waals surface area contributed by atoms with Crippen LogP contribution in [-0.2, 0) is 42.9 Å². The predicted octanol–water partition coefficient (Wildman–Crippen LogP) is 3.43. The average molecular weight is 854 g/mol. The van der Waals surface area contributed by atoms with Crippen LogP contribution in [0.2, 0.25) is 0 Å². The molecule has 0 radical (unpaired) electrons. The summed E-state index contributed by atoms with van der Waals surface area (Å²) in [5, 5.41) is 40.7. The van der Waals surface area contributed by atoms with E-state index in [-0.39, 0.29) is 24.2 Å². The normalized spacial score (nSPS) is 36.9. The zero-order valence-corrected chi connectivity index (χ0v) is 35.2. The molecular weight excluding hydrogens is 803 g/mol. The number of carbonyl (C=O) groups is 6. The molecule has 5 aliphatic rings. The minimum absolute atomic E-state index is 0.0753. The number of nitrogens with one attached hydrogen (secondary N) is 1. The third-order valence-corrected chi connectivity index (χ3v) is 15.3. The Morgan fingerprint density at radius 2 is 1.40 bits per heavy atom. The molecule has 1 saturated heterocycles. The van der Waals surface area contributed by atoms with Gasteiger partial charge in [-0.25, -0.2) is 9.59 Å². The molecule has 328 valence electrons. The van der Waals surface area contributed by atoms with Gasteiger partial charge in [0.2, 0.25) is 0 Å². The number of hydrogen-bond acceptors (Lipinski definition) is 14. The zero-order chi connectivity index (χ0) is 44.8. The van der Waals surface area contributed by atoms with Crippen LogP contribution >= 0.6 is 0 Å². The van der Waals surface area contributed by atoms with Crippen molar-refractivity contribution in [3.63, 3.8) is 0 Å². The van der Waals surface area contributed by atoms with Gasteiger partial charge in [0.25, 0.3) is 5.91 Å². The van der Waals surface area contributed by atoms with Gasteiger partial charge in [-0.2, -0.15) is 0 Å². The fourth-order valence-corrected chi connectivity index (χ4v) is 12.8. The van der Waals surface area contributed by atoms with Crippen molar-refractivity contribution in [3.8, 4) is 0 Å². The molecule has 15 nitrogen and oxygen atoms in total. The lowest BCUT2D eigenvalue weighted by atomic mass is 9.37. The molecule has 5 fully saturated rings. The fraction of sp³-hybridized carbons (Fsp3) is 0.489. The van der Waals surface area contributed by atoms with Crippen molar-refractivity contribution in [3.05, 3.63) is 108 Å². The number of benzene rings is 3. The van der Waals surface area contributed by atoms with Gasteiger partial charge >= 0.3 is 23.9 Å². The molecule has 4 saturated carbocycles. The highest BCUT2D eigenvalue weighted by Gasteiger charge is 3.02. The molecule has 2 spiro atoms. The summed E-state index contributed by atoms with van der Waals surface area (Å²) in [6, 6.07) is 23.0. The summed E-state index contributed by atoms with van der Waals surface area (Å²) < 4.78 is 31.3. The third kappa shape index (κ3) is 5.43. The van der Waals surface area contributed by atoms with E-state index in [4.69, 9.17) is 23.7 Å². The predicted molar refractivity (Wildman–Crippen MR) is 216 cm³/mol. The molecule has 15 heteroatoms. The Morgan fingerprint density at radius 3 is 1.95 bits per heavy atom. The molecule has 1 aliphatic heterocycles. The highest BCUT2D eigenvalue weighted by atomic mass is 16.6. The van der Waals surface area contributed by atoms with Crippen molar-refractivity contribution in [2.24, 2.45) is 27.6 Å². The van der Waals surface area contributed by atoms with E-state index in [1.165, 1.54) is 19.1 Å². The summed E-state index contributed by atoms with van der Waals surface area (Å²) >= 11 is 0. The van der Waals surface area contributed by atoms with Gasteiger partial charge in [-0.1, -0.05) is 87.5 Å². The van der Waals surface area contributed by atoms with E-state index in [0.29, 0.717) is 5.56 Å². The van der Waals surface area contributed by atoms with Gasteiger partial charge in [-0.05, 0) is 36.8 Å². The lowest BCUT2D eigenvalue weighted by molar-refractivity contribution is -0.387. The third-order valence-electron chi connectivity index (χ3n) is 15.3. The SMILES string of the molecule is CC(=O)O[C@H]1C(=O)[C@]2(C)[C@@H](O)C[C@H]3OC[C@@]3(OC(C)=O)[C@@]23[C@H](OC(=O)c2ccccc2)[C@]2(O)C[C@H](OC(=O)[C@H](O)[C@@H](NC(=O)c4ccccc4)c4ccccc4)[C@@H](C)[C@]13C2(C)C. The molecule has 8 rings (SSSR count). The first-order valence-electron chi connectivity index (χ1n) is 20.8. The van der Waals surface area contributed by atoms with Crippen molar-refractivity contribution in [1.29, 1.82) is 0 Å². The van der Waals surface area contributed by atoms with Crippen LogP contribution in [0.4, 0.5) is 0 Å². The van der Waals surface area contributed by atoms with Crippen molar-refractivity contribution < 1.29 is 67.8 Å². The van der Waals surface area contributed by atoms with E-state index in [9.17, 15) is 39.3 Å². The lowest BCUT2D eigenvalue weighted by Crippen LogP contribution is -2.84. The summed E-state index contributed by atoms with van der Waals surface area (Å²) in [6.07, 6.45) is -10.5. The van der Waals surface area contributed by atoms with Gasteiger partial charge in [0, 0.05) is 49.0 Å². The molecule has 4 aliphatic carbocycles. The Hall–Kier alpha value is -5.48. The van der Waals surface area contributed by atoms with Gasteiger partial charge in [0.05, 0.1) is 35.1 Å². The fourth-order valence-electron chi connectivity index (χ4n) is 12.8. The van der Waals surface area contributed by atoms with Gasteiger partial charge in [-0.15, -0.1) is 0 Å². The zero-order valence-electron chi connectivity index (χ0n) is 35.2. The van der Waals surface area contributed by atoms with Crippen LogP contribution in [0.1, 0.15) is 86.7 Å². The Bertz CT molecular complexity index is 2310. The van der Waals surface area contributed by atoms with E-state index in [0.717, 1.165) is 13.8 Å². The molecule has 3 aromatic rings. The number of ether oxygens (including phenoxy) is 5. The lowest BCUT2D eigenvalue weighted by Gasteiger charge is -2.70. The molecule has 2 bridgehead atoms. The number of hydrogen-bond donors (Lipinski definition) is 4. The Kier molecular flexibility index (Phi) is 10.3. The minimum Gasteiger partial charge on any atom is -0.460 e. The van der Waals surface area contributed by atoms with Crippen LogP contribution in [-0.4, -0.2) is 105 Å². The summed E-state index contributed by atoms with van der Waals surface area (Å²) in [5.74, 6) is -6.35. The number of esters is 4. The van der Waals surface area contributed by atoms with Crippen molar-refractivity contribution in [2.45, 2.75) is 108 Å². The van der Waals surface area contributed by atoms with Gasteiger partial charge in [-0.3, -0.25) is 19.2 Å². The summed E-state index contributed by atoms with van der Waals surface area (Å²) in [6.45, 7) is 8.25. The van der Waals surface area contributed by atoms with E-state index >= 15 is 4.79 Å². The molecular formula is C47H51NO14. The van der Waals surface area contributed by atoms with Crippen LogP contribution in [0, 0.1) is 27.6 Å². The maximum atomic E-state index is 15.5. The minimum atomic E-state index is -2.31. The van der Waals surface area contributed by atoms with E-state index < -0.39 is 123 Å². The first-order valence-corrected chi connectivity index (χ1v) is 20.8. The van der Waals surface area contributed by atoms with Crippen molar-refractivity contribution in [1.82, 2.24) is 5.32 Å². The van der Waals surface area contributed by atoms with Crippen LogP contribution in [0.5, 0.6) is 0 Å². The molecule has 0 aromatic heterocycles. The number of Topliss-reactive ketones (excluding diaryl/α,β-unsaturated/α-hetero) is 1. The number of carbonyl (C=O) groups excluding carboxylic acids is 6. The summed E-state index contributed by atoms with van der Waals surface area (Å²) in [7, 11) is 0. The van der Waals surface area contributed by atoms with Crippen LogP contribution in [0.25, 0.3) is 0 Å². The van der Waals surface area contributed by atoms with Crippen LogP contribution < -0.4 is 5.32 Å². The average Bonchev–Trinajstić information content (AvgIpc) is 3.46. The van der Waals surface area contributed by atoms with Gasteiger partial charge in [0.1, 0.15) is 23.9 Å². The maximum absolute atomic E-state index is 15.5. The first-order chi connectivity index (χ1) is 29.3. The highest BCUT2D eigenvalue weighted by molar-refractivity contribution is 5.98. The summed E-state index contributed by atoms with van der Waals surface area (Å²) in [5.41, 5.74) is -11.4. The van der Waals surface area contributed by atoms with Crippen molar-refractivity contribution in [2.75, 3.05) is 6.61 Å². The Labute approximate surface area is 358 Å². The number of rotatable bonds is 10. The highest BCUT2D eigenvalue weighted by Crippen LogP contribution is 2.89. The number of fused-ring (bicyclic) bond motifs is 2. The quantitative estimate of drug-likeness (QED) is 0.170. The molecule has 4 N–H and O–H groups in total. The van der Waals surface area contributed by atoms with Gasteiger partial charge in [0.15, 0.2) is 23.6 Å². The van der Waals surface area contributed by atoms with Crippen molar-refractivity contribution >= 4 is 35.6 Å². The summed E-state index contributed by atoms with van der Waals surface area (Å²) in [4.78, 5) is 84.6. The molecule has 62 heavy (non-hydrogen) atoms. The second-order valence-electron chi connectivity index (χ2n) is 18.1. The smallest absolute Gasteiger partial charge is 0.338 e. The number of aliphatic hydroxyl groups excluding tert-OH is 2. The topological polar surface area (TPSA) is 221 Å². The molecule has 0 unspecified atom stereocenters. The largest absolute Gasteiger partial charge is 0.460 e. The van der Waals surface area contributed by atoms with Crippen LogP contribution in [0.15, 0.2) is 91.0 Å². The van der Waals surface area contributed by atoms with E-state index in [2.05, 4.69) is 5.32 Å². The second-order valence-corrected chi connectivity index (χ2v) is 18.1. The number of aliphatic hydroxyl groups is 3. The first kappa shape index (κ1) is 43.2. The number of ketones is 1. The Morgan fingerprint density at radius 1 is 0.823 bits per heavy atom. The molecule has 13 atom stereocenters. The molecule has 1 heterocycles. The van der Waals surface area contributed by atoms with E-state index in [1.807, 2.05) is 0 Å². The monoisotopic (exact) mass is 853 g/mol. The molecule has 3 aromatic carbocycles. The maximum Gasteiger partial charge on any atom is 0.338 e. The number of amides is 1. The second kappa shape index (κ2) is 14.8. The Balaban J connectivity index is 1.32. The van der Waals surface area contributed by atoms with E-state index in [1.54, 1.807) is 99.6 Å².